The summed E-state index contributed by atoms with van der Waals surface area (Å²) < 4.78 is 46.8. The zero-order valence-electron chi connectivity index (χ0n) is 27.0. The molecule has 0 amide bonds. The van der Waals surface area contributed by atoms with Gasteiger partial charge in [-0.3, -0.25) is 0 Å². The molecule has 7 nitrogen and oxygen atoms in total. The minimum atomic E-state index is -2.84. The number of ether oxygens (including phenoxy) is 1. The summed E-state index contributed by atoms with van der Waals surface area (Å²) in [5.41, 5.74) is 0.854. The van der Waals surface area contributed by atoms with Crippen LogP contribution in [0.4, 0.5) is 0 Å². The Balaban J connectivity index is 6.57. The molecule has 0 bridgehead atoms. The molecule has 218 valence electrons. The first kappa shape index (κ1) is 37.5. The van der Waals surface area contributed by atoms with E-state index in [1.165, 1.54) is 0 Å². The van der Waals surface area contributed by atoms with E-state index in [1.54, 1.807) is 7.11 Å². The van der Waals surface area contributed by atoms with Gasteiger partial charge in [-0.15, -0.1) is 0 Å². The van der Waals surface area contributed by atoms with Gasteiger partial charge in [0, 0.05) is 19.9 Å². The van der Waals surface area contributed by atoms with Crippen LogP contribution in [0.15, 0.2) is 0 Å². The molecule has 0 saturated carbocycles. The fraction of sp³-hybridized carbons (Fsp3) is 1.00. The molecular weight excluding hydrogens is 589 g/mol. The molecule has 4 atom stereocenters. The minimum Gasteiger partial charge on any atom is -0.437 e. The second kappa shape index (κ2) is 13.0. The predicted molar refractivity (Wildman–Crippen MR) is 174 cm³/mol. The van der Waals surface area contributed by atoms with E-state index in [4.69, 9.17) is 29.7 Å². The Labute approximate surface area is 232 Å². The molecule has 0 aromatic heterocycles. The van der Waals surface area contributed by atoms with Crippen LogP contribution >= 0.6 is 0 Å². The van der Waals surface area contributed by atoms with Gasteiger partial charge in [-0.2, -0.15) is 0 Å². The van der Waals surface area contributed by atoms with Crippen LogP contribution in [0.1, 0.15) is 6.92 Å². The fourth-order valence-electron chi connectivity index (χ4n) is 4.70. The molecule has 0 aromatic rings. The molecule has 4 unspecified atom stereocenters. The molecule has 0 N–H and O–H groups in total. The van der Waals surface area contributed by atoms with Crippen molar-refractivity contribution in [3.05, 3.63) is 0 Å². The van der Waals surface area contributed by atoms with Gasteiger partial charge in [0.1, 0.15) is 0 Å². The lowest BCUT2D eigenvalue weighted by molar-refractivity contribution is 0.189. The highest BCUT2D eigenvalue weighted by atomic mass is 29.3. The lowest BCUT2D eigenvalue weighted by Gasteiger charge is -2.48. The van der Waals surface area contributed by atoms with E-state index in [9.17, 15) is 0 Å². The van der Waals surface area contributed by atoms with Gasteiger partial charge < -0.3 is 29.7 Å². The minimum absolute atomic E-state index is 0.436. The third-order valence-electron chi connectivity index (χ3n) is 6.14. The highest BCUT2D eigenvalue weighted by molar-refractivity contribution is 7.40. The molecule has 0 radical (unpaired) electrons. The Hall–Kier alpha value is 1.46. The maximum absolute atomic E-state index is 7.25. The van der Waals surface area contributed by atoms with Crippen LogP contribution in [0.5, 0.6) is 0 Å². The van der Waals surface area contributed by atoms with Gasteiger partial charge in [-0.05, 0) is 84.6 Å². The van der Waals surface area contributed by atoms with Crippen LogP contribution in [-0.2, 0) is 29.7 Å². The van der Waals surface area contributed by atoms with Gasteiger partial charge in [-0.25, -0.2) is 0 Å². The second-order valence-electron chi connectivity index (χ2n) is 14.2. The zero-order valence-corrected chi connectivity index (χ0v) is 35.0. The van der Waals surface area contributed by atoms with Crippen LogP contribution in [0, 0.1) is 0 Å². The molecule has 36 heavy (non-hydrogen) atoms. The Morgan fingerprint density at radius 1 is 0.500 bits per heavy atom. The highest BCUT2D eigenvalue weighted by Crippen LogP contribution is 2.36. The zero-order chi connectivity index (χ0) is 29.1. The number of rotatable bonds is 17. The van der Waals surface area contributed by atoms with Crippen molar-refractivity contribution in [2.24, 2.45) is 0 Å². The quantitative estimate of drug-likeness (QED) is 0.157. The van der Waals surface area contributed by atoms with Crippen molar-refractivity contribution in [1.29, 1.82) is 0 Å². The van der Waals surface area contributed by atoms with Gasteiger partial charge in [-0.1, -0.05) is 26.6 Å². The normalized spacial score (nSPS) is 20.8. The van der Waals surface area contributed by atoms with E-state index in [2.05, 4.69) is 105 Å². The van der Waals surface area contributed by atoms with Crippen LogP contribution < -0.4 is 0 Å². The number of methoxy groups -OCH3 is 1. The molecule has 15 heteroatoms. The van der Waals surface area contributed by atoms with Crippen molar-refractivity contribution in [2.45, 2.75) is 117 Å². The number of hydrogen-bond donors (Lipinski definition) is 0. The fourth-order valence-corrected chi connectivity index (χ4v) is 51.1. The van der Waals surface area contributed by atoms with Crippen molar-refractivity contribution >= 4 is 66.3 Å². The van der Waals surface area contributed by atoms with Gasteiger partial charge in [0.2, 0.25) is 0 Å². The Kier molecular flexibility index (Phi) is 13.5. The molecule has 0 aromatic carbocycles. The summed E-state index contributed by atoms with van der Waals surface area (Å²) in [5, 5.41) is 0. The molecular formula is C21H60O7Si8. The van der Waals surface area contributed by atoms with Crippen molar-refractivity contribution < 1.29 is 29.7 Å². The van der Waals surface area contributed by atoms with Crippen molar-refractivity contribution in [3.63, 3.8) is 0 Å². The largest absolute Gasteiger partial charge is 0.437 e. The lowest BCUT2D eigenvalue weighted by atomic mass is 11.0. The topological polar surface area (TPSA) is 64.6 Å². The van der Waals surface area contributed by atoms with Crippen LogP contribution in [0.25, 0.3) is 0 Å². The first-order valence-corrected chi connectivity index (χ1v) is 37.5. The summed E-state index contributed by atoms with van der Waals surface area (Å²) in [7, 11) is -14.3. The Bertz CT molecular complexity index is 697. The Morgan fingerprint density at radius 3 is 1.28 bits per heavy atom. The smallest absolute Gasteiger partial charge is 0.344 e. The predicted octanol–water partition coefficient (Wildman–Crippen LogP) is 7.04. The summed E-state index contributed by atoms with van der Waals surface area (Å²) in [4.78, 5) is 0. The molecule has 0 saturated heterocycles. The average Bonchev–Trinajstić information content (AvgIpc) is 2.55. The Morgan fingerprint density at radius 2 is 0.944 bits per heavy atom. The van der Waals surface area contributed by atoms with Crippen LogP contribution in [0.3, 0.4) is 0 Å². The summed E-state index contributed by atoms with van der Waals surface area (Å²) >= 11 is 0. The van der Waals surface area contributed by atoms with Gasteiger partial charge in [0.15, 0.2) is 24.5 Å². The first-order valence-electron chi connectivity index (χ1n) is 13.2. The molecule has 0 aliphatic carbocycles. The van der Waals surface area contributed by atoms with E-state index in [0.29, 0.717) is 6.23 Å². The van der Waals surface area contributed by atoms with E-state index < -0.39 is 66.3 Å². The van der Waals surface area contributed by atoms with E-state index in [-0.39, 0.29) is 0 Å². The van der Waals surface area contributed by atoms with Crippen LogP contribution in [-0.4, -0.2) is 86.8 Å². The molecule has 0 aliphatic rings. The van der Waals surface area contributed by atoms with Gasteiger partial charge in [0.05, 0.1) is 13.8 Å². The summed E-state index contributed by atoms with van der Waals surface area (Å²) in [5.74, 6) is 0. The van der Waals surface area contributed by atoms with Crippen molar-refractivity contribution in [3.8, 4) is 0 Å². The highest BCUT2D eigenvalue weighted by Gasteiger charge is 2.57. The number of hydrogen-bond acceptors (Lipinski definition) is 7. The third kappa shape index (κ3) is 13.2. The van der Waals surface area contributed by atoms with Gasteiger partial charge in [0.25, 0.3) is 0 Å². The van der Waals surface area contributed by atoms with Crippen molar-refractivity contribution in [1.82, 2.24) is 0 Å². The molecule has 0 heterocycles. The maximum Gasteiger partial charge on any atom is 0.344 e. The van der Waals surface area contributed by atoms with Crippen LogP contribution in [0.2, 0.25) is 110 Å². The average molecular weight is 649 g/mol. The summed E-state index contributed by atoms with van der Waals surface area (Å²) in [6, 6.07) is 0.866. The molecule has 0 rings (SSSR count). The second-order valence-corrected chi connectivity index (χ2v) is 53.8. The standard InChI is InChI=1S/C21H60O7Si8/c1-19-33(15,25-30(7,8)9)27-34(16,20-22-2)28-35(17,21-36(18,23-3)31(10,11)12)26-32(13,14)24-29(4,5)6/h19-21H2,1-18H3. The first-order chi connectivity index (χ1) is 15.7. The van der Waals surface area contributed by atoms with Crippen molar-refractivity contribution in [2.75, 3.05) is 20.4 Å². The molecule has 0 aliphatic heterocycles. The maximum atomic E-state index is 7.25. The summed E-state index contributed by atoms with van der Waals surface area (Å²) in [6.45, 7) is 35.9. The van der Waals surface area contributed by atoms with Gasteiger partial charge >= 0.3 is 34.2 Å². The van der Waals surface area contributed by atoms with E-state index >= 15 is 0 Å². The van der Waals surface area contributed by atoms with E-state index in [1.807, 2.05) is 7.11 Å². The molecule has 0 fully saturated rings. The third-order valence-corrected chi connectivity index (χ3v) is 48.5. The van der Waals surface area contributed by atoms with E-state index in [0.717, 1.165) is 11.7 Å². The lowest BCUT2D eigenvalue weighted by Crippen LogP contribution is -2.68. The summed E-state index contributed by atoms with van der Waals surface area (Å²) in [6.07, 6.45) is 0.436. The molecule has 0 spiro atoms. The monoisotopic (exact) mass is 648 g/mol. The SMILES string of the molecule is CC[Si](C)(O[Si](C)(C)C)O[Si](C)(COC)O[Si](C)(C[Si](C)(OC)[Si](C)(C)C)O[Si](C)(C)O[Si](C)(C)C.